The van der Waals surface area contributed by atoms with E-state index < -0.39 is 0 Å². The number of hydrogen-bond donors (Lipinski definition) is 2. The lowest BCUT2D eigenvalue weighted by molar-refractivity contribution is 0.164. The predicted molar refractivity (Wildman–Crippen MR) is 115 cm³/mol. The van der Waals surface area contributed by atoms with Gasteiger partial charge in [-0.25, -0.2) is 4.98 Å². The second-order valence-electron chi connectivity index (χ2n) is 7.58. The van der Waals surface area contributed by atoms with E-state index in [-0.39, 0.29) is 17.5 Å². The molecule has 1 aliphatic rings. The third-order valence-electron chi connectivity index (χ3n) is 5.66. The molecule has 0 aliphatic carbocycles. The first kappa shape index (κ1) is 19.3. The fourth-order valence-electron chi connectivity index (χ4n) is 4.09. The largest absolute Gasteiger partial charge is 0.504 e. The van der Waals surface area contributed by atoms with Crippen LogP contribution in [0.5, 0.6) is 11.5 Å². The fraction of sp³-hybridized carbons (Fsp3) is 0.292. The van der Waals surface area contributed by atoms with Crippen molar-refractivity contribution in [3.8, 4) is 11.5 Å². The summed E-state index contributed by atoms with van der Waals surface area (Å²) in [7, 11) is 0. The zero-order valence-corrected chi connectivity index (χ0v) is 16.7. The molecule has 0 bridgehead atoms. The van der Waals surface area contributed by atoms with Crippen molar-refractivity contribution >= 4 is 5.82 Å². The lowest BCUT2D eigenvalue weighted by Gasteiger charge is -2.40. The van der Waals surface area contributed by atoms with Crippen molar-refractivity contribution in [2.45, 2.75) is 32.5 Å². The predicted octanol–water partition coefficient (Wildman–Crippen LogP) is 3.95. The van der Waals surface area contributed by atoms with Crippen molar-refractivity contribution < 1.29 is 10.2 Å². The normalized spacial score (nSPS) is 16.4. The lowest BCUT2D eigenvalue weighted by atomic mass is 9.92. The number of likely N-dealkylation sites (N-methyl/N-ethyl adjacent to an activating group) is 1. The maximum atomic E-state index is 9.98. The molecule has 0 spiro atoms. The third-order valence-corrected chi connectivity index (χ3v) is 5.66. The smallest absolute Gasteiger partial charge is 0.157 e. The van der Waals surface area contributed by atoms with Gasteiger partial charge in [0.1, 0.15) is 5.82 Å². The number of phenols is 2. The number of pyridine rings is 1. The number of fused-ring (bicyclic) bond motifs is 1. The Kier molecular flexibility index (Phi) is 5.67. The number of nitrogens with zero attached hydrogens (tertiary/aromatic N) is 3. The van der Waals surface area contributed by atoms with Gasteiger partial charge in [0.15, 0.2) is 11.5 Å². The van der Waals surface area contributed by atoms with Crippen molar-refractivity contribution in [2.24, 2.45) is 0 Å². The monoisotopic (exact) mass is 389 g/mol. The number of anilines is 1. The Hall–Kier alpha value is -3.05. The van der Waals surface area contributed by atoms with E-state index in [0.29, 0.717) is 0 Å². The van der Waals surface area contributed by atoms with Crippen molar-refractivity contribution in [2.75, 3.05) is 18.0 Å². The molecule has 5 nitrogen and oxygen atoms in total. The summed E-state index contributed by atoms with van der Waals surface area (Å²) >= 11 is 0. The maximum Gasteiger partial charge on any atom is 0.157 e. The minimum atomic E-state index is -0.0504. The van der Waals surface area contributed by atoms with Crippen LogP contribution >= 0.6 is 0 Å². The van der Waals surface area contributed by atoms with Gasteiger partial charge in [-0.05, 0) is 54.3 Å². The second kappa shape index (κ2) is 8.53. The number of aromatic hydroxyl groups is 2. The van der Waals surface area contributed by atoms with E-state index >= 15 is 0 Å². The summed E-state index contributed by atoms with van der Waals surface area (Å²) in [5, 5.41) is 19.9. The molecule has 0 radical (unpaired) electrons. The van der Waals surface area contributed by atoms with Crippen molar-refractivity contribution in [3.05, 3.63) is 83.6 Å². The van der Waals surface area contributed by atoms with Gasteiger partial charge in [0.2, 0.25) is 0 Å². The topological polar surface area (TPSA) is 59.8 Å². The molecular weight excluding hydrogens is 362 g/mol. The van der Waals surface area contributed by atoms with Crippen LogP contribution in [0.4, 0.5) is 5.82 Å². The van der Waals surface area contributed by atoms with Crippen LogP contribution in [0.25, 0.3) is 0 Å². The van der Waals surface area contributed by atoms with Gasteiger partial charge in [0, 0.05) is 38.4 Å². The molecule has 29 heavy (non-hydrogen) atoms. The zero-order valence-electron chi connectivity index (χ0n) is 16.7. The quantitative estimate of drug-likeness (QED) is 0.625. The number of hydrogen-bond acceptors (Lipinski definition) is 5. The van der Waals surface area contributed by atoms with E-state index in [9.17, 15) is 10.2 Å². The zero-order chi connectivity index (χ0) is 20.2. The van der Waals surface area contributed by atoms with E-state index in [1.54, 1.807) is 12.1 Å². The minimum absolute atomic E-state index is 0.0453. The van der Waals surface area contributed by atoms with Crippen LogP contribution in [-0.4, -0.2) is 39.2 Å². The van der Waals surface area contributed by atoms with Crippen LogP contribution in [0.3, 0.4) is 0 Å². The third kappa shape index (κ3) is 4.35. The Bertz CT molecular complexity index is 947. The van der Waals surface area contributed by atoms with Crippen molar-refractivity contribution in [3.63, 3.8) is 0 Å². The van der Waals surface area contributed by atoms with Gasteiger partial charge >= 0.3 is 0 Å². The molecule has 4 rings (SSSR count). The lowest BCUT2D eigenvalue weighted by Crippen LogP contribution is -2.47. The first-order valence-corrected chi connectivity index (χ1v) is 10.1. The fourth-order valence-corrected chi connectivity index (χ4v) is 4.09. The van der Waals surface area contributed by atoms with Crippen molar-refractivity contribution in [1.29, 1.82) is 0 Å². The highest BCUT2D eigenvalue weighted by atomic mass is 16.3. The summed E-state index contributed by atoms with van der Waals surface area (Å²) in [5.41, 5.74) is 3.45. The van der Waals surface area contributed by atoms with Crippen LogP contribution < -0.4 is 4.90 Å². The molecule has 2 aromatic carbocycles. The first-order valence-electron chi connectivity index (χ1n) is 10.1. The Morgan fingerprint density at radius 2 is 1.72 bits per heavy atom. The van der Waals surface area contributed by atoms with E-state index in [2.05, 4.69) is 46.0 Å². The molecule has 2 heterocycles. The van der Waals surface area contributed by atoms with Crippen molar-refractivity contribution in [1.82, 2.24) is 9.88 Å². The number of benzene rings is 2. The molecular formula is C24H27N3O2. The Morgan fingerprint density at radius 1 is 1.00 bits per heavy atom. The molecule has 1 atom stereocenters. The summed E-state index contributed by atoms with van der Waals surface area (Å²) in [6.07, 6.45) is 2.65. The average molecular weight is 389 g/mol. The summed E-state index contributed by atoms with van der Waals surface area (Å²) in [6, 6.07) is 20.2. The highest BCUT2D eigenvalue weighted by Crippen LogP contribution is 2.34. The minimum Gasteiger partial charge on any atom is -0.504 e. The molecule has 1 aliphatic heterocycles. The number of aromatic nitrogens is 1. The summed E-state index contributed by atoms with van der Waals surface area (Å²) < 4.78 is 0. The molecule has 3 aromatic rings. The van der Waals surface area contributed by atoms with Crippen LogP contribution in [0.1, 0.15) is 23.6 Å². The molecule has 2 N–H and O–H groups in total. The molecule has 0 fully saturated rings. The summed E-state index contributed by atoms with van der Waals surface area (Å²) in [5.74, 6) is 0.885. The van der Waals surface area contributed by atoms with Gasteiger partial charge in [-0.15, -0.1) is 0 Å². The number of phenolic OH excluding ortho intramolecular Hbond substituents is 2. The van der Waals surface area contributed by atoms with E-state index in [4.69, 9.17) is 0 Å². The highest BCUT2D eigenvalue weighted by Gasteiger charge is 2.29. The molecule has 1 unspecified atom stereocenters. The molecule has 0 saturated carbocycles. The second-order valence-corrected chi connectivity index (χ2v) is 7.58. The molecule has 5 heteroatoms. The van der Waals surface area contributed by atoms with Gasteiger partial charge in [0.05, 0.1) is 0 Å². The van der Waals surface area contributed by atoms with E-state index in [0.717, 1.165) is 49.5 Å². The Morgan fingerprint density at radius 3 is 2.41 bits per heavy atom. The van der Waals surface area contributed by atoms with E-state index in [1.165, 1.54) is 5.56 Å². The highest BCUT2D eigenvalue weighted by molar-refractivity contribution is 5.47. The van der Waals surface area contributed by atoms with Gasteiger partial charge in [-0.3, -0.25) is 4.90 Å². The SMILES string of the molecule is CCN(CC1Cc2cc(O)c(O)cc2CN1Cc1ccccc1)c1ccccn1. The number of rotatable bonds is 6. The Labute approximate surface area is 171 Å². The van der Waals surface area contributed by atoms with Crippen LogP contribution in [0.2, 0.25) is 0 Å². The maximum absolute atomic E-state index is 9.98. The first-order chi connectivity index (χ1) is 14.1. The average Bonchev–Trinajstić information content (AvgIpc) is 2.75. The van der Waals surface area contributed by atoms with E-state index in [1.807, 2.05) is 30.5 Å². The van der Waals surface area contributed by atoms with Gasteiger partial charge < -0.3 is 15.1 Å². The van der Waals surface area contributed by atoms with Gasteiger partial charge in [-0.2, -0.15) is 0 Å². The molecule has 0 saturated heterocycles. The van der Waals surface area contributed by atoms with Crippen LogP contribution in [-0.2, 0) is 19.5 Å². The summed E-state index contributed by atoms with van der Waals surface area (Å²) in [6.45, 7) is 5.45. The standard InChI is InChI=1S/C24H27N3O2/c1-2-26(24-10-6-7-11-25-24)17-21-12-19-13-22(28)23(29)14-20(19)16-27(21)15-18-8-4-3-5-9-18/h3-11,13-14,21,28-29H,2,12,15-17H2,1H3. The molecule has 0 amide bonds. The van der Waals surface area contributed by atoms with Crippen LogP contribution in [0, 0.1) is 0 Å². The molecule has 150 valence electrons. The molecule has 1 aromatic heterocycles. The summed E-state index contributed by atoms with van der Waals surface area (Å²) in [4.78, 5) is 9.29. The Balaban J connectivity index is 1.62. The van der Waals surface area contributed by atoms with Gasteiger partial charge in [-0.1, -0.05) is 36.4 Å². The van der Waals surface area contributed by atoms with Gasteiger partial charge in [0.25, 0.3) is 0 Å². The van der Waals surface area contributed by atoms with Crippen LogP contribution in [0.15, 0.2) is 66.9 Å².